The third-order valence-electron chi connectivity index (χ3n) is 3.49. The molecule has 1 amide bonds. The second-order valence-corrected chi connectivity index (χ2v) is 4.88. The molecule has 3 rings (SSSR count). The lowest BCUT2D eigenvalue weighted by Crippen LogP contribution is -2.23. The summed E-state index contributed by atoms with van der Waals surface area (Å²) in [5.74, 6) is 0.0736. The summed E-state index contributed by atoms with van der Waals surface area (Å²) in [4.78, 5) is 15.2. The van der Waals surface area contributed by atoms with Crippen molar-refractivity contribution >= 4 is 16.8 Å². The van der Waals surface area contributed by atoms with Gasteiger partial charge in [0, 0.05) is 23.0 Å². The number of H-pyrrole nitrogens is 1. The molecule has 0 saturated carbocycles. The largest absolute Gasteiger partial charge is 0.496 e. The van der Waals surface area contributed by atoms with Crippen molar-refractivity contribution in [2.75, 3.05) is 7.11 Å². The summed E-state index contributed by atoms with van der Waals surface area (Å²) in [6, 6.07) is 13.6. The molecule has 1 aromatic heterocycles. The number of methoxy groups -OCH3 is 1. The Labute approximate surface area is 126 Å². The third kappa shape index (κ3) is 2.65. The quantitative estimate of drug-likeness (QED) is 0.777. The highest BCUT2D eigenvalue weighted by Gasteiger charge is 2.12. The number of fused-ring (bicyclic) bond motifs is 1. The third-order valence-corrected chi connectivity index (χ3v) is 3.49. The average Bonchev–Trinajstić information content (AvgIpc) is 2.98. The van der Waals surface area contributed by atoms with Gasteiger partial charge in [-0.15, -0.1) is 0 Å². The maximum Gasteiger partial charge on any atom is 0.268 e. The normalized spacial score (nSPS) is 10.6. The van der Waals surface area contributed by atoms with Crippen LogP contribution in [0.25, 0.3) is 10.9 Å². The topological polar surface area (TPSA) is 54.1 Å². The predicted octanol–water partition coefficient (Wildman–Crippen LogP) is 3.25. The molecule has 112 valence electrons. The van der Waals surface area contributed by atoms with E-state index in [4.69, 9.17) is 4.74 Å². The SMILES string of the molecule is COc1cccc2[nH]c(C(=O)NCc3ccccc3F)cc12. The van der Waals surface area contributed by atoms with E-state index in [2.05, 4.69) is 10.3 Å². The molecule has 5 heteroatoms. The Bertz CT molecular complexity index is 826. The predicted molar refractivity (Wildman–Crippen MR) is 82.4 cm³/mol. The van der Waals surface area contributed by atoms with Crippen molar-refractivity contribution < 1.29 is 13.9 Å². The summed E-state index contributed by atoms with van der Waals surface area (Å²) < 4.78 is 18.8. The van der Waals surface area contributed by atoms with E-state index in [9.17, 15) is 9.18 Å². The van der Waals surface area contributed by atoms with Gasteiger partial charge in [-0.25, -0.2) is 4.39 Å². The number of carbonyl (C=O) groups excluding carboxylic acids is 1. The maximum absolute atomic E-state index is 13.5. The minimum Gasteiger partial charge on any atom is -0.496 e. The highest BCUT2D eigenvalue weighted by Crippen LogP contribution is 2.25. The lowest BCUT2D eigenvalue weighted by molar-refractivity contribution is 0.0946. The van der Waals surface area contributed by atoms with Gasteiger partial charge in [-0.3, -0.25) is 4.79 Å². The van der Waals surface area contributed by atoms with Gasteiger partial charge in [0.15, 0.2) is 0 Å². The zero-order valence-corrected chi connectivity index (χ0v) is 12.0. The number of halogens is 1. The first-order valence-corrected chi connectivity index (χ1v) is 6.86. The molecule has 2 N–H and O–H groups in total. The van der Waals surface area contributed by atoms with Crippen molar-refractivity contribution in [2.45, 2.75) is 6.54 Å². The number of rotatable bonds is 4. The first-order valence-electron chi connectivity index (χ1n) is 6.86. The van der Waals surface area contributed by atoms with Crippen molar-refractivity contribution in [1.29, 1.82) is 0 Å². The first kappa shape index (κ1) is 14.1. The number of amides is 1. The molecule has 0 aliphatic rings. The van der Waals surface area contributed by atoms with E-state index in [0.717, 1.165) is 10.9 Å². The number of ether oxygens (including phenoxy) is 1. The van der Waals surface area contributed by atoms with E-state index in [1.54, 1.807) is 31.4 Å². The van der Waals surface area contributed by atoms with Gasteiger partial charge in [0.05, 0.1) is 7.11 Å². The molecule has 0 fully saturated rings. The molecule has 2 aromatic carbocycles. The molecule has 3 aromatic rings. The maximum atomic E-state index is 13.5. The highest BCUT2D eigenvalue weighted by atomic mass is 19.1. The van der Waals surface area contributed by atoms with Gasteiger partial charge < -0.3 is 15.0 Å². The van der Waals surface area contributed by atoms with E-state index < -0.39 is 0 Å². The van der Waals surface area contributed by atoms with Crippen LogP contribution in [0.5, 0.6) is 5.75 Å². The summed E-state index contributed by atoms with van der Waals surface area (Å²) in [6.07, 6.45) is 0. The van der Waals surface area contributed by atoms with Crippen LogP contribution in [0.3, 0.4) is 0 Å². The van der Waals surface area contributed by atoms with E-state index in [0.29, 0.717) is 17.0 Å². The van der Waals surface area contributed by atoms with Crippen LogP contribution < -0.4 is 10.1 Å². The molecule has 0 bridgehead atoms. The average molecular weight is 298 g/mol. The molecule has 0 aliphatic heterocycles. The summed E-state index contributed by atoms with van der Waals surface area (Å²) in [6.45, 7) is 0.137. The van der Waals surface area contributed by atoms with Crippen LogP contribution in [0.4, 0.5) is 4.39 Å². The Morgan fingerprint density at radius 2 is 2.05 bits per heavy atom. The summed E-state index contributed by atoms with van der Waals surface area (Å²) in [5.41, 5.74) is 1.68. The fourth-order valence-corrected chi connectivity index (χ4v) is 2.34. The smallest absolute Gasteiger partial charge is 0.268 e. The van der Waals surface area contributed by atoms with Crippen molar-refractivity contribution in [3.05, 3.63) is 65.6 Å². The van der Waals surface area contributed by atoms with E-state index >= 15 is 0 Å². The molecular formula is C17H15FN2O2. The van der Waals surface area contributed by atoms with Crippen LogP contribution in [-0.4, -0.2) is 18.0 Å². The van der Waals surface area contributed by atoms with Gasteiger partial charge in [0.25, 0.3) is 5.91 Å². The van der Waals surface area contributed by atoms with Gasteiger partial charge in [-0.2, -0.15) is 0 Å². The van der Waals surface area contributed by atoms with E-state index in [1.165, 1.54) is 6.07 Å². The molecule has 0 spiro atoms. The van der Waals surface area contributed by atoms with Crippen LogP contribution in [0.2, 0.25) is 0 Å². The monoisotopic (exact) mass is 298 g/mol. The Kier molecular flexibility index (Phi) is 3.78. The standard InChI is InChI=1S/C17H15FN2O2/c1-22-16-8-4-7-14-12(16)9-15(20-14)17(21)19-10-11-5-2-3-6-13(11)18/h2-9,20H,10H2,1H3,(H,19,21). The summed E-state index contributed by atoms with van der Waals surface area (Å²) in [5, 5.41) is 3.54. The number of nitrogens with one attached hydrogen (secondary N) is 2. The van der Waals surface area contributed by atoms with Gasteiger partial charge in [0.1, 0.15) is 17.3 Å². The second kappa shape index (κ2) is 5.89. The number of benzene rings is 2. The minimum atomic E-state index is -0.332. The number of aromatic nitrogens is 1. The fourth-order valence-electron chi connectivity index (χ4n) is 2.34. The first-order chi connectivity index (χ1) is 10.7. The van der Waals surface area contributed by atoms with E-state index in [1.807, 2.05) is 18.2 Å². The zero-order chi connectivity index (χ0) is 15.5. The number of hydrogen-bond acceptors (Lipinski definition) is 2. The summed E-state index contributed by atoms with van der Waals surface area (Å²) >= 11 is 0. The van der Waals surface area contributed by atoms with Crippen molar-refractivity contribution in [2.24, 2.45) is 0 Å². The highest BCUT2D eigenvalue weighted by molar-refractivity contribution is 5.99. The van der Waals surface area contributed by atoms with Gasteiger partial charge in [-0.1, -0.05) is 24.3 Å². The van der Waals surface area contributed by atoms with E-state index in [-0.39, 0.29) is 18.3 Å². The lowest BCUT2D eigenvalue weighted by Gasteiger charge is -2.04. The number of aromatic amines is 1. The molecule has 0 atom stereocenters. The van der Waals surface area contributed by atoms with Crippen LogP contribution >= 0.6 is 0 Å². The number of carbonyl (C=O) groups is 1. The minimum absolute atomic E-state index is 0.137. The zero-order valence-electron chi connectivity index (χ0n) is 12.0. The molecule has 0 saturated heterocycles. The molecule has 4 nitrogen and oxygen atoms in total. The lowest BCUT2D eigenvalue weighted by atomic mass is 10.2. The Morgan fingerprint density at radius 3 is 2.82 bits per heavy atom. The van der Waals surface area contributed by atoms with Crippen LogP contribution in [-0.2, 0) is 6.54 Å². The van der Waals surface area contributed by atoms with Gasteiger partial charge in [-0.05, 0) is 24.3 Å². The molecule has 0 radical (unpaired) electrons. The molecular weight excluding hydrogens is 283 g/mol. The van der Waals surface area contributed by atoms with Crippen LogP contribution in [0, 0.1) is 5.82 Å². The van der Waals surface area contributed by atoms with Crippen LogP contribution in [0.1, 0.15) is 16.1 Å². The second-order valence-electron chi connectivity index (χ2n) is 4.88. The Balaban J connectivity index is 1.79. The Morgan fingerprint density at radius 1 is 1.23 bits per heavy atom. The molecule has 1 heterocycles. The molecule has 0 unspecified atom stereocenters. The van der Waals surface area contributed by atoms with Gasteiger partial charge in [0.2, 0.25) is 0 Å². The summed E-state index contributed by atoms with van der Waals surface area (Å²) in [7, 11) is 1.58. The Hall–Kier alpha value is -2.82. The molecule has 22 heavy (non-hydrogen) atoms. The van der Waals surface area contributed by atoms with Crippen molar-refractivity contribution in [1.82, 2.24) is 10.3 Å². The van der Waals surface area contributed by atoms with Crippen molar-refractivity contribution in [3.8, 4) is 5.75 Å². The number of hydrogen-bond donors (Lipinski definition) is 2. The van der Waals surface area contributed by atoms with Gasteiger partial charge >= 0.3 is 0 Å². The fraction of sp³-hybridized carbons (Fsp3) is 0.118. The molecule has 0 aliphatic carbocycles. The van der Waals surface area contributed by atoms with Crippen molar-refractivity contribution in [3.63, 3.8) is 0 Å². The van der Waals surface area contributed by atoms with Crippen LogP contribution in [0.15, 0.2) is 48.5 Å².